The zero-order chi connectivity index (χ0) is 16.1. The Morgan fingerprint density at radius 1 is 1.48 bits per heavy atom. The van der Waals surface area contributed by atoms with Gasteiger partial charge in [0.2, 0.25) is 0 Å². The SMILES string of the molecule is O=C(NC[C@H](O)COC1CCCCC1)c1cc2n(n1)CCNC2. The van der Waals surface area contributed by atoms with Crippen LogP contribution in [0, 0.1) is 0 Å². The summed E-state index contributed by atoms with van der Waals surface area (Å²) in [5, 5.41) is 20.2. The maximum atomic E-state index is 12.1. The summed E-state index contributed by atoms with van der Waals surface area (Å²) >= 11 is 0. The van der Waals surface area contributed by atoms with Crippen LogP contribution in [0.2, 0.25) is 0 Å². The van der Waals surface area contributed by atoms with E-state index in [0.717, 1.165) is 38.2 Å². The highest BCUT2D eigenvalue weighted by Crippen LogP contribution is 2.20. The number of carbonyl (C=O) groups is 1. The Balaban J connectivity index is 1.40. The molecule has 1 fully saturated rings. The van der Waals surface area contributed by atoms with Crippen LogP contribution in [0.25, 0.3) is 0 Å². The third kappa shape index (κ3) is 4.53. The monoisotopic (exact) mass is 322 g/mol. The van der Waals surface area contributed by atoms with Crippen LogP contribution in [-0.4, -0.2) is 52.7 Å². The summed E-state index contributed by atoms with van der Waals surface area (Å²) in [5.41, 5.74) is 1.42. The standard InChI is InChI=1S/C16H26N4O3/c21-13(11-23-14-4-2-1-3-5-14)10-18-16(22)15-8-12-9-17-6-7-20(12)19-15/h8,13-14,17,21H,1-7,9-11H2,(H,18,22)/t13-/m0/s1. The van der Waals surface area contributed by atoms with Gasteiger partial charge in [-0.2, -0.15) is 5.10 Å². The van der Waals surface area contributed by atoms with E-state index in [1.54, 1.807) is 6.07 Å². The fourth-order valence-electron chi connectivity index (χ4n) is 3.14. The smallest absolute Gasteiger partial charge is 0.271 e. The highest BCUT2D eigenvalue weighted by atomic mass is 16.5. The highest BCUT2D eigenvalue weighted by Gasteiger charge is 2.18. The molecule has 0 spiro atoms. The Bertz CT molecular complexity index is 502. The minimum Gasteiger partial charge on any atom is -0.389 e. The van der Waals surface area contributed by atoms with Gasteiger partial charge in [0, 0.05) is 19.6 Å². The van der Waals surface area contributed by atoms with Crippen LogP contribution in [-0.2, 0) is 17.8 Å². The summed E-state index contributed by atoms with van der Waals surface area (Å²) in [6.07, 6.45) is 5.43. The third-order valence-corrected chi connectivity index (χ3v) is 4.48. The molecular formula is C16H26N4O3. The number of hydrogen-bond acceptors (Lipinski definition) is 5. The average Bonchev–Trinajstić information content (AvgIpc) is 3.03. The second-order valence-electron chi connectivity index (χ2n) is 6.38. The minimum absolute atomic E-state index is 0.187. The third-order valence-electron chi connectivity index (χ3n) is 4.48. The molecule has 1 amide bonds. The average molecular weight is 322 g/mol. The Kier molecular flexibility index (Phi) is 5.64. The van der Waals surface area contributed by atoms with Crippen molar-refractivity contribution in [2.75, 3.05) is 19.7 Å². The largest absolute Gasteiger partial charge is 0.389 e. The van der Waals surface area contributed by atoms with E-state index in [2.05, 4.69) is 15.7 Å². The molecule has 23 heavy (non-hydrogen) atoms. The van der Waals surface area contributed by atoms with Crippen LogP contribution in [0.3, 0.4) is 0 Å². The van der Waals surface area contributed by atoms with E-state index in [9.17, 15) is 9.90 Å². The van der Waals surface area contributed by atoms with Gasteiger partial charge in [0.05, 0.1) is 31.1 Å². The van der Waals surface area contributed by atoms with Gasteiger partial charge in [-0.25, -0.2) is 0 Å². The lowest BCUT2D eigenvalue weighted by atomic mass is 9.98. The molecule has 2 aliphatic rings. The van der Waals surface area contributed by atoms with Crippen molar-refractivity contribution in [1.82, 2.24) is 20.4 Å². The zero-order valence-corrected chi connectivity index (χ0v) is 13.5. The quantitative estimate of drug-likeness (QED) is 0.707. The molecule has 1 aliphatic heterocycles. The summed E-state index contributed by atoms with van der Waals surface area (Å²) in [6.45, 7) is 2.84. The van der Waals surface area contributed by atoms with E-state index in [1.165, 1.54) is 19.3 Å². The summed E-state index contributed by atoms with van der Waals surface area (Å²) in [7, 11) is 0. The van der Waals surface area contributed by atoms with Crippen LogP contribution in [0.5, 0.6) is 0 Å². The Hall–Kier alpha value is -1.44. The van der Waals surface area contributed by atoms with Crippen LogP contribution in [0.1, 0.15) is 48.3 Å². The predicted molar refractivity (Wildman–Crippen MR) is 85.1 cm³/mol. The molecule has 1 aromatic heterocycles. The molecule has 1 aliphatic carbocycles. The molecule has 0 aromatic carbocycles. The number of aliphatic hydroxyl groups excluding tert-OH is 1. The van der Waals surface area contributed by atoms with Crippen molar-refractivity contribution in [2.45, 2.75) is 57.4 Å². The van der Waals surface area contributed by atoms with Crippen molar-refractivity contribution in [3.05, 3.63) is 17.5 Å². The molecule has 1 atom stereocenters. The topological polar surface area (TPSA) is 88.4 Å². The maximum absolute atomic E-state index is 12.1. The number of aliphatic hydroxyl groups is 1. The van der Waals surface area contributed by atoms with E-state index in [1.807, 2.05) is 4.68 Å². The van der Waals surface area contributed by atoms with Crippen molar-refractivity contribution in [3.8, 4) is 0 Å². The molecule has 128 valence electrons. The van der Waals surface area contributed by atoms with E-state index < -0.39 is 6.10 Å². The number of nitrogens with one attached hydrogen (secondary N) is 2. The van der Waals surface area contributed by atoms with Crippen molar-refractivity contribution in [3.63, 3.8) is 0 Å². The van der Waals surface area contributed by atoms with Gasteiger partial charge in [-0.15, -0.1) is 0 Å². The number of rotatable bonds is 6. The number of hydrogen-bond donors (Lipinski definition) is 3. The minimum atomic E-state index is -0.681. The molecule has 7 heteroatoms. The molecule has 7 nitrogen and oxygen atoms in total. The van der Waals surface area contributed by atoms with Crippen molar-refractivity contribution < 1.29 is 14.6 Å². The first-order valence-electron chi connectivity index (χ1n) is 8.57. The number of nitrogens with zero attached hydrogens (tertiary/aromatic N) is 2. The van der Waals surface area contributed by atoms with Crippen LogP contribution in [0.15, 0.2) is 6.07 Å². The van der Waals surface area contributed by atoms with Crippen molar-refractivity contribution >= 4 is 5.91 Å². The van der Waals surface area contributed by atoms with Crippen LogP contribution in [0.4, 0.5) is 0 Å². The molecule has 0 unspecified atom stereocenters. The van der Waals surface area contributed by atoms with Gasteiger partial charge in [-0.05, 0) is 18.9 Å². The van der Waals surface area contributed by atoms with Gasteiger partial charge in [0.15, 0.2) is 0 Å². The fourth-order valence-corrected chi connectivity index (χ4v) is 3.14. The lowest BCUT2D eigenvalue weighted by Gasteiger charge is -2.23. The first kappa shape index (κ1) is 16.4. The normalized spacial score (nSPS) is 20.0. The molecule has 1 aromatic rings. The Labute approximate surface area is 136 Å². The lowest BCUT2D eigenvalue weighted by molar-refractivity contribution is -0.0225. The molecule has 0 radical (unpaired) electrons. The summed E-state index contributed by atoms with van der Waals surface area (Å²) in [5.74, 6) is -0.247. The lowest BCUT2D eigenvalue weighted by Crippen LogP contribution is -2.36. The van der Waals surface area contributed by atoms with E-state index in [0.29, 0.717) is 5.69 Å². The highest BCUT2D eigenvalue weighted by molar-refractivity contribution is 5.92. The maximum Gasteiger partial charge on any atom is 0.271 e. The predicted octanol–water partition coefficient (Wildman–Crippen LogP) is 0.426. The fraction of sp³-hybridized carbons (Fsp3) is 0.750. The van der Waals surface area contributed by atoms with Gasteiger partial charge in [-0.3, -0.25) is 9.48 Å². The van der Waals surface area contributed by atoms with Gasteiger partial charge in [0.1, 0.15) is 5.69 Å². The molecular weight excluding hydrogens is 296 g/mol. The van der Waals surface area contributed by atoms with E-state index in [-0.39, 0.29) is 25.2 Å². The number of fused-ring (bicyclic) bond motifs is 1. The number of carbonyl (C=O) groups excluding carboxylic acids is 1. The molecule has 1 saturated carbocycles. The number of ether oxygens (including phenoxy) is 1. The summed E-state index contributed by atoms with van der Waals surface area (Å²) < 4.78 is 7.57. The zero-order valence-electron chi connectivity index (χ0n) is 13.5. The molecule has 0 saturated heterocycles. The number of aromatic nitrogens is 2. The van der Waals surface area contributed by atoms with Gasteiger partial charge in [0.25, 0.3) is 5.91 Å². The van der Waals surface area contributed by atoms with Crippen LogP contribution >= 0.6 is 0 Å². The van der Waals surface area contributed by atoms with Crippen molar-refractivity contribution in [2.24, 2.45) is 0 Å². The van der Waals surface area contributed by atoms with Gasteiger partial charge < -0.3 is 20.5 Å². The van der Waals surface area contributed by atoms with E-state index >= 15 is 0 Å². The van der Waals surface area contributed by atoms with E-state index in [4.69, 9.17) is 4.74 Å². The van der Waals surface area contributed by atoms with Gasteiger partial charge in [-0.1, -0.05) is 19.3 Å². The second kappa shape index (κ2) is 7.90. The van der Waals surface area contributed by atoms with Gasteiger partial charge >= 0.3 is 0 Å². The van der Waals surface area contributed by atoms with Crippen molar-refractivity contribution in [1.29, 1.82) is 0 Å². The first-order valence-corrected chi connectivity index (χ1v) is 8.57. The Morgan fingerprint density at radius 3 is 3.09 bits per heavy atom. The molecule has 2 heterocycles. The Morgan fingerprint density at radius 2 is 2.30 bits per heavy atom. The summed E-state index contributed by atoms with van der Waals surface area (Å²) in [6, 6.07) is 1.80. The number of amides is 1. The summed E-state index contributed by atoms with van der Waals surface area (Å²) in [4.78, 5) is 12.1. The molecule has 3 N–H and O–H groups in total. The molecule has 0 bridgehead atoms. The first-order chi connectivity index (χ1) is 11.2. The second-order valence-corrected chi connectivity index (χ2v) is 6.38. The molecule has 3 rings (SSSR count). The van der Waals surface area contributed by atoms with Crippen LogP contribution < -0.4 is 10.6 Å².